The predicted molar refractivity (Wildman–Crippen MR) is 51.4 cm³/mol. The van der Waals surface area contributed by atoms with Gasteiger partial charge in [0, 0.05) is 6.54 Å². The lowest BCUT2D eigenvalue weighted by atomic mass is 10.00. The van der Waals surface area contributed by atoms with E-state index in [1.54, 1.807) is 0 Å². The minimum atomic E-state index is 0.629. The molecule has 0 aromatic heterocycles. The molecule has 0 aliphatic rings. The first-order valence-electron chi connectivity index (χ1n) is 4.25. The van der Waals surface area contributed by atoms with Crippen LogP contribution in [-0.2, 0) is 0 Å². The minimum Gasteiger partial charge on any atom is -0.327 e. The molecule has 0 radical (unpaired) electrons. The summed E-state index contributed by atoms with van der Waals surface area (Å²) in [4.78, 5) is 0. The van der Waals surface area contributed by atoms with Crippen molar-refractivity contribution >= 4 is 0 Å². The Morgan fingerprint density at radius 2 is 2.18 bits per heavy atom. The number of nitrogens with two attached hydrogens (primary N) is 1. The van der Waals surface area contributed by atoms with Crippen molar-refractivity contribution in [2.45, 2.75) is 27.2 Å². The fraction of sp³-hybridized carbons (Fsp3) is 0.600. The SMILES string of the molecule is CCC(C)/C(C)=C/C=C\CN. The highest BCUT2D eigenvalue weighted by Gasteiger charge is 1.97. The van der Waals surface area contributed by atoms with Gasteiger partial charge in [-0.25, -0.2) is 0 Å². The molecule has 0 aliphatic heterocycles. The van der Waals surface area contributed by atoms with Crippen LogP contribution in [0.5, 0.6) is 0 Å². The highest BCUT2D eigenvalue weighted by Crippen LogP contribution is 2.12. The van der Waals surface area contributed by atoms with Gasteiger partial charge in [-0.15, -0.1) is 0 Å². The molecule has 0 rings (SSSR count). The van der Waals surface area contributed by atoms with E-state index in [2.05, 4.69) is 26.8 Å². The molecule has 1 atom stereocenters. The molecule has 2 N–H and O–H groups in total. The third-order valence-electron chi connectivity index (χ3n) is 2.02. The van der Waals surface area contributed by atoms with Crippen molar-refractivity contribution < 1.29 is 0 Å². The van der Waals surface area contributed by atoms with E-state index in [4.69, 9.17) is 5.73 Å². The first kappa shape index (κ1) is 10.4. The highest BCUT2D eigenvalue weighted by atomic mass is 14.5. The Bertz CT molecular complexity index is 145. The van der Waals surface area contributed by atoms with Crippen LogP contribution in [-0.4, -0.2) is 6.54 Å². The highest BCUT2D eigenvalue weighted by molar-refractivity contribution is 5.12. The molecule has 0 spiro atoms. The molecule has 1 heteroatoms. The Morgan fingerprint density at radius 3 is 2.64 bits per heavy atom. The first-order valence-corrected chi connectivity index (χ1v) is 4.25. The third-order valence-corrected chi connectivity index (χ3v) is 2.02. The lowest BCUT2D eigenvalue weighted by Gasteiger charge is -2.06. The van der Waals surface area contributed by atoms with Crippen LogP contribution in [0.3, 0.4) is 0 Å². The molecular formula is C10H19N. The lowest BCUT2D eigenvalue weighted by molar-refractivity contribution is 0.655. The maximum atomic E-state index is 5.31. The van der Waals surface area contributed by atoms with Gasteiger partial charge in [0.05, 0.1) is 0 Å². The molecule has 0 saturated carbocycles. The molecule has 11 heavy (non-hydrogen) atoms. The summed E-state index contributed by atoms with van der Waals surface area (Å²) >= 11 is 0. The summed E-state index contributed by atoms with van der Waals surface area (Å²) in [7, 11) is 0. The maximum Gasteiger partial charge on any atom is 0.0109 e. The van der Waals surface area contributed by atoms with Crippen LogP contribution < -0.4 is 5.73 Å². The van der Waals surface area contributed by atoms with Crippen LogP contribution >= 0.6 is 0 Å². The van der Waals surface area contributed by atoms with Gasteiger partial charge in [0.2, 0.25) is 0 Å². The average Bonchev–Trinajstić information content (AvgIpc) is 2.03. The van der Waals surface area contributed by atoms with Crippen molar-refractivity contribution in [1.82, 2.24) is 0 Å². The average molecular weight is 153 g/mol. The maximum absolute atomic E-state index is 5.31. The number of hydrogen-bond donors (Lipinski definition) is 1. The monoisotopic (exact) mass is 153 g/mol. The standard InChI is InChI=1S/C10H19N/c1-4-9(2)10(3)7-5-6-8-11/h5-7,9H,4,8,11H2,1-3H3/b6-5-,10-7+. The third kappa shape index (κ3) is 4.79. The number of hydrogen-bond acceptors (Lipinski definition) is 1. The zero-order chi connectivity index (χ0) is 8.69. The lowest BCUT2D eigenvalue weighted by Crippen LogP contribution is -1.94. The molecule has 0 heterocycles. The van der Waals surface area contributed by atoms with Crippen molar-refractivity contribution in [3.63, 3.8) is 0 Å². The van der Waals surface area contributed by atoms with E-state index in [9.17, 15) is 0 Å². The molecule has 0 aromatic rings. The summed E-state index contributed by atoms with van der Waals surface area (Å²) < 4.78 is 0. The first-order chi connectivity index (χ1) is 5.22. The van der Waals surface area contributed by atoms with E-state index in [0.29, 0.717) is 12.5 Å². The number of allylic oxidation sites excluding steroid dienone is 3. The van der Waals surface area contributed by atoms with Crippen molar-refractivity contribution in [1.29, 1.82) is 0 Å². The molecule has 0 bridgehead atoms. The molecule has 0 fully saturated rings. The van der Waals surface area contributed by atoms with Gasteiger partial charge >= 0.3 is 0 Å². The van der Waals surface area contributed by atoms with Crippen molar-refractivity contribution in [2.75, 3.05) is 6.54 Å². The van der Waals surface area contributed by atoms with Crippen LogP contribution in [0.25, 0.3) is 0 Å². The van der Waals surface area contributed by atoms with E-state index >= 15 is 0 Å². The van der Waals surface area contributed by atoms with Gasteiger partial charge in [-0.2, -0.15) is 0 Å². The molecule has 0 aliphatic carbocycles. The van der Waals surface area contributed by atoms with Crippen LogP contribution in [0, 0.1) is 5.92 Å². The Balaban J connectivity index is 3.89. The molecule has 1 unspecified atom stereocenters. The van der Waals surface area contributed by atoms with Gasteiger partial charge in [-0.1, -0.05) is 37.6 Å². The van der Waals surface area contributed by atoms with Crippen molar-refractivity contribution in [2.24, 2.45) is 11.7 Å². The topological polar surface area (TPSA) is 26.0 Å². The largest absolute Gasteiger partial charge is 0.327 e. The Labute approximate surface area is 70.0 Å². The van der Waals surface area contributed by atoms with E-state index in [1.165, 1.54) is 12.0 Å². The van der Waals surface area contributed by atoms with Crippen LogP contribution in [0.2, 0.25) is 0 Å². The Hall–Kier alpha value is -0.560. The second-order valence-electron chi connectivity index (χ2n) is 2.88. The predicted octanol–water partition coefficient (Wildman–Crippen LogP) is 2.49. The van der Waals surface area contributed by atoms with Crippen LogP contribution in [0.15, 0.2) is 23.8 Å². The zero-order valence-electron chi connectivity index (χ0n) is 7.80. The quantitative estimate of drug-likeness (QED) is 0.617. The summed E-state index contributed by atoms with van der Waals surface area (Å²) in [5.74, 6) is 0.692. The molecule has 1 nitrogen and oxygen atoms in total. The van der Waals surface area contributed by atoms with Crippen molar-refractivity contribution in [3.05, 3.63) is 23.8 Å². The van der Waals surface area contributed by atoms with E-state index < -0.39 is 0 Å². The summed E-state index contributed by atoms with van der Waals surface area (Å²) in [5.41, 5.74) is 6.74. The van der Waals surface area contributed by atoms with Crippen molar-refractivity contribution in [3.8, 4) is 0 Å². The normalized spacial score (nSPS) is 15.8. The summed E-state index contributed by atoms with van der Waals surface area (Å²) in [6, 6.07) is 0. The van der Waals surface area contributed by atoms with Gasteiger partial charge < -0.3 is 5.73 Å². The second-order valence-corrected chi connectivity index (χ2v) is 2.88. The fourth-order valence-electron chi connectivity index (χ4n) is 0.785. The van der Waals surface area contributed by atoms with Gasteiger partial charge in [0.15, 0.2) is 0 Å². The minimum absolute atomic E-state index is 0.629. The summed E-state index contributed by atoms with van der Waals surface area (Å²) in [6.07, 6.45) is 7.34. The van der Waals surface area contributed by atoms with Gasteiger partial charge in [0.1, 0.15) is 0 Å². The Morgan fingerprint density at radius 1 is 1.55 bits per heavy atom. The fourth-order valence-corrected chi connectivity index (χ4v) is 0.785. The van der Waals surface area contributed by atoms with E-state index in [-0.39, 0.29) is 0 Å². The Kier molecular flexibility index (Phi) is 5.86. The molecule has 0 saturated heterocycles. The second kappa shape index (κ2) is 6.17. The molecular weight excluding hydrogens is 134 g/mol. The van der Waals surface area contributed by atoms with Crippen LogP contribution in [0.1, 0.15) is 27.2 Å². The van der Waals surface area contributed by atoms with Gasteiger partial charge in [-0.3, -0.25) is 0 Å². The van der Waals surface area contributed by atoms with Gasteiger partial charge in [-0.05, 0) is 19.3 Å². The smallest absolute Gasteiger partial charge is 0.0109 e. The van der Waals surface area contributed by atoms with Gasteiger partial charge in [0.25, 0.3) is 0 Å². The summed E-state index contributed by atoms with van der Waals surface area (Å²) in [6.45, 7) is 7.23. The molecule has 0 amide bonds. The van der Waals surface area contributed by atoms with E-state index in [0.717, 1.165) is 0 Å². The molecule has 0 aromatic carbocycles. The molecule has 64 valence electrons. The summed E-state index contributed by atoms with van der Waals surface area (Å²) in [5, 5.41) is 0. The number of rotatable bonds is 4. The zero-order valence-corrected chi connectivity index (χ0v) is 7.80. The van der Waals surface area contributed by atoms with Crippen LogP contribution in [0.4, 0.5) is 0 Å². The van der Waals surface area contributed by atoms with E-state index in [1.807, 2.05) is 12.2 Å².